The van der Waals surface area contributed by atoms with Crippen LogP contribution in [0.1, 0.15) is 0 Å². The summed E-state index contributed by atoms with van der Waals surface area (Å²) in [5.74, 6) is 1.37. The summed E-state index contributed by atoms with van der Waals surface area (Å²) in [5, 5.41) is 17.2. The number of nitrogens with zero attached hydrogens (tertiary/aromatic N) is 4. The average Bonchev–Trinajstić information content (AvgIpc) is 3.44. The van der Waals surface area contributed by atoms with Crippen LogP contribution in [-0.2, 0) is 0 Å². The van der Waals surface area contributed by atoms with Gasteiger partial charge in [-0.05, 0) is 54.6 Å². The van der Waals surface area contributed by atoms with Crippen molar-refractivity contribution in [3.63, 3.8) is 0 Å². The Bertz CT molecular complexity index is 1940. The van der Waals surface area contributed by atoms with E-state index in [0.29, 0.717) is 16.7 Å². The normalized spacial score (nSPS) is 11.2. The fraction of sp³-hybridized carbons (Fsp3) is 0. The fourth-order valence-corrected chi connectivity index (χ4v) is 5.50. The quantitative estimate of drug-likeness (QED) is 0.199. The van der Waals surface area contributed by atoms with Crippen molar-refractivity contribution in [2.75, 3.05) is 5.32 Å². The topological polar surface area (TPSA) is 79.4 Å². The Balaban J connectivity index is 1.11. The summed E-state index contributed by atoms with van der Waals surface area (Å²) in [7, 11) is 0. The molecule has 0 aliphatic heterocycles. The van der Waals surface area contributed by atoms with Crippen molar-refractivity contribution in [3.05, 3.63) is 120 Å². The number of nitrogens with one attached hydrogen (secondary N) is 2. The summed E-state index contributed by atoms with van der Waals surface area (Å²) in [5.41, 5.74) is 4.68. The molecule has 0 amide bonds. The molecule has 2 N–H and O–H groups in total. The maximum atomic E-state index is 6.08. The summed E-state index contributed by atoms with van der Waals surface area (Å²) >= 11 is 7.67. The van der Waals surface area contributed by atoms with E-state index in [1.165, 1.54) is 0 Å². The van der Waals surface area contributed by atoms with Gasteiger partial charge >= 0.3 is 0 Å². The van der Waals surface area contributed by atoms with E-state index in [1.54, 1.807) is 18.0 Å². The van der Waals surface area contributed by atoms with E-state index in [1.807, 2.05) is 66.7 Å². The number of aromatic nitrogens is 5. The molecule has 0 spiro atoms. The Labute approximate surface area is 239 Å². The minimum absolute atomic E-state index is 0.673. The number of hydrogen-bond acceptors (Lipinski definition) is 6. The zero-order valence-electron chi connectivity index (χ0n) is 21.0. The van der Waals surface area contributed by atoms with Gasteiger partial charge in [0.2, 0.25) is 0 Å². The van der Waals surface area contributed by atoms with Gasteiger partial charge in [-0.2, -0.15) is 0 Å². The molecule has 0 atom stereocenters. The third-order valence-corrected chi connectivity index (χ3v) is 7.74. The van der Waals surface area contributed by atoms with Gasteiger partial charge in [-0.15, -0.1) is 10.2 Å². The third-order valence-electron chi connectivity index (χ3n) is 6.55. The first-order chi connectivity index (χ1) is 19.7. The van der Waals surface area contributed by atoms with Gasteiger partial charge in [0.15, 0.2) is 11.6 Å². The molecule has 3 heterocycles. The van der Waals surface area contributed by atoms with Crippen LogP contribution in [0.3, 0.4) is 0 Å². The molecule has 3 aromatic heterocycles. The SMILES string of the molecule is Clc1ccc(-c2nnc(Nc3ccc(Sc4ccnc(-c5cc6ccccc6[nH]5)n4)cc3)c3ccccc23)cc1. The molecule has 40 heavy (non-hydrogen) atoms. The van der Waals surface area contributed by atoms with Gasteiger partial charge in [-0.25, -0.2) is 9.97 Å². The van der Waals surface area contributed by atoms with Crippen molar-refractivity contribution in [1.82, 2.24) is 25.1 Å². The predicted molar refractivity (Wildman–Crippen MR) is 163 cm³/mol. The zero-order chi connectivity index (χ0) is 26.9. The summed E-state index contributed by atoms with van der Waals surface area (Å²) < 4.78 is 0. The van der Waals surface area contributed by atoms with Crippen LogP contribution in [0.15, 0.2) is 125 Å². The molecule has 0 saturated carbocycles. The predicted octanol–water partition coefficient (Wildman–Crippen LogP) is 8.78. The van der Waals surface area contributed by atoms with Gasteiger partial charge in [0.25, 0.3) is 0 Å². The fourth-order valence-electron chi connectivity index (χ4n) is 4.60. The smallest absolute Gasteiger partial charge is 0.177 e. The summed E-state index contributed by atoms with van der Waals surface area (Å²) in [6, 6.07) is 36.1. The molecule has 0 radical (unpaired) electrons. The first kappa shape index (κ1) is 24.3. The van der Waals surface area contributed by atoms with Crippen LogP contribution in [0.25, 0.3) is 44.5 Å². The number of aromatic amines is 1. The molecule has 4 aromatic carbocycles. The summed E-state index contributed by atoms with van der Waals surface area (Å²) in [6.07, 6.45) is 1.80. The van der Waals surface area contributed by atoms with Crippen LogP contribution in [0, 0.1) is 0 Å². The molecule has 0 aliphatic carbocycles. The van der Waals surface area contributed by atoms with Crippen molar-refractivity contribution in [1.29, 1.82) is 0 Å². The number of H-pyrrole nitrogens is 1. The van der Waals surface area contributed by atoms with Crippen molar-refractivity contribution >= 4 is 56.5 Å². The second kappa shape index (κ2) is 10.4. The molecule has 0 aliphatic rings. The molecule has 0 fully saturated rings. The molecule has 8 heteroatoms. The number of rotatable bonds is 6. The zero-order valence-corrected chi connectivity index (χ0v) is 22.6. The van der Waals surface area contributed by atoms with E-state index in [-0.39, 0.29) is 0 Å². The highest BCUT2D eigenvalue weighted by atomic mass is 35.5. The monoisotopic (exact) mass is 556 g/mol. The molecule has 192 valence electrons. The molecule has 7 rings (SSSR count). The highest BCUT2D eigenvalue weighted by Crippen LogP contribution is 2.33. The Kier molecular flexibility index (Phi) is 6.36. The molecule has 0 unspecified atom stereocenters. The molecule has 6 nitrogen and oxygen atoms in total. The highest BCUT2D eigenvalue weighted by molar-refractivity contribution is 7.99. The van der Waals surface area contributed by atoms with E-state index < -0.39 is 0 Å². The van der Waals surface area contributed by atoms with Gasteiger partial charge in [0, 0.05) is 49.0 Å². The first-order valence-corrected chi connectivity index (χ1v) is 13.9. The lowest BCUT2D eigenvalue weighted by Crippen LogP contribution is -1.99. The van der Waals surface area contributed by atoms with Gasteiger partial charge in [0.05, 0.1) is 5.69 Å². The minimum Gasteiger partial charge on any atom is -0.352 e. The van der Waals surface area contributed by atoms with Crippen molar-refractivity contribution in [2.45, 2.75) is 9.92 Å². The average molecular weight is 557 g/mol. The lowest BCUT2D eigenvalue weighted by molar-refractivity contribution is 1.05. The molecular formula is C32H21ClN6S. The third kappa shape index (κ3) is 4.88. The van der Waals surface area contributed by atoms with Crippen LogP contribution in [0.2, 0.25) is 5.02 Å². The number of para-hydroxylation sites is 1. The van der Waals surface area contributed by atoms with E-state index in [0.717, 1.165) is 54.2 Å². The standard InChI is InChI=1S/C32H21ClN6S/c33-22-11-9-20(10-12-22)30-25-6-2-3-7-26(25)31(39-38-30)35-23-13-15-24(16-14-23)40-29-17-18-34-32(37-29)28-19-21-5-1-4-8-27(21)36-28/h1-19,36H,(H,35,39). The lowest BCUT2D eigenvalue weighted by atomic mass is 10.0. The number of hydrogen-bond donors (Lipinski definition) is 2. The number of fused-ring (bicyclic) bond motifs is 2. The molecule has 7 aromatic rings. The van der Waals surface area contributed by atoms with Crippen molar-refractivity contribution < 1.29 is 0 Å². The summed E-state index contributed by atoms with van der Waals surface area (Å²) in [4.78, 5) is 13.7. The largest absolute Gasteiger partial charge is 0.352 e. The van der Waals surface area contributed by atoms with E-state index >= 15 is 0 Å². The van der Waals surface area contributed by atoms with Crippen molar-refractivity contribution in [3.8, 4) is 22.8 Å². The maximum Gasteiger partial charge on any atom is 0.177 e. The van der Waals surface area contributed by atoms with E-state index in [2.05, 4.69) is 67.9 Å². The maximum absolute atomic E-state index is 6.08. The van der Waals surface area contributed by atoms with Gasteiger partial charge in [0.1, 0.15) is 10.7 Å². The Morgan fingerprint density at radius 1 is 0.750 bits per heavy atom. The lowest BCUT2D eigenvalue weighted by Gasteiger charge is -2.12. The Hall–Kier alpha value is -4.72. The van der Waals surface area contributed by atoms with Crippen LogP contribution in [-0.4, -0.2) is 25.1 Å². The van der Waals surface area contributed by atoms with E-state index in [4.69, 9.17) is 16.6 Å². The second-order valence-corrected chi connectivity index (χ2v) is 10.7. The van der Waals surface area contributed by atoms with Crippen molar-refractivity contribution in [2.24, 2.45) is 0 Å². The van der Waals surface area contributed by atoms with Crippen LogP contribution < -0.4 is 5.32 Å². The number of benzene rings is 4. The van der Waals surface area contributed by atoms with Gasteiger partial charge in [-0.3, -0.25) is 0 Å². The van der Waals surface area contributed by atoms with E-state index in [9.17, 15) is 0 Å². The van der Waals surface area contributed by atoms with Crippen LogP contribution >= 0.6 is 23.4 Å². The first-order valence-electron chi connectivity index (χ1n) is 12.7. The molecule has 0 bridgehead atoms. The molecule has 0 saturated heterocycles. The van der Waals surface area contributed by atoms with Crippen LogP contribution in [0.4, 0.5) is 11.5 Å². The minimum atomic E-state index is 0.673. The second-order valence-electron chi connectivity index (χ2n) is 9.19. The number of anilines is 2. The Morgan fingerprint density at radius 3 is 2.35 bits per heavy atom. The number of halogens is 1. The van der Waals surface area contributed by atoms with Gasteiger partial charge in [-0.1, -0.05) is 78.0 Å². The molecular weight excluding hydrogens is 536 g/mol. The Morgan fingerprint density at radius 2 is 1.52 bits per heavy atom. The summed E-state index contributed by atoms with van der Waals surface area (Å²) in [6.45, 7) is 0. The highest BCUT2D eigenvalue weighted by Gasteiger charge is 2.12. The van der Waals surface area contributed by atoms with Crippen LogP contribution in [0.5, 0.6) is 0 Å². The van der Waals surface area contributed by atoms with Gasteiger partial charge < -0.3 is 10.3 Å².